The molecule has 0 fully saturated rings. The molecule has 0 aliphatic rings. The van der Waals surface area contributed by atoms with Gasteiger partial charge >= 0.3 is 6.09 Å². The Bertz CT molecular complexity index is 296. The maximum atomic E-state index is 11.3. The zero-order chi connectivity index (χ0) is 14.5. The van der Waals surface area contributed by atoms with E-state index in [0.717, 1.165) is 25.8 Å². The van der Waals surface area contributed by atoms with Crippen molar-refractivity contribution in [2.45, 2.75) is 26.2 Å². The van der Waals surface area contributed by atoms with Crippen LogP contribution in [0.25, 0.3) is 0 Å². The predicted octanol–water partition coefficient (Wildman–Crippen LogP) is -0.949. The van der Waals surface area contributed by atoms with Crippen molar-refractivity contribution in [1.29, 1.82) is 0 Å². The van der Waals surface area contributed by atoms with Crippen LogP contribution >= 0.6 is 0 Å². The van der Waals surface area contributed by atoms with Crippen molar-refractivity contribution in [3.8, 4) is 0 Å². The average molecular weight is 274 g/mol. The molecule has 0 aliphatic heterocycles. The summed E-state index contributed by atoms with van der Waals surface area (Å²) in [5, 5.41) is 7.65. The first-order valence-electron chi connectivity index (χ1n) is 6.22. The van der Waals surface area contributed by atoms with Gasteiger partial charge in [0, 0.05) is 0 Å². The number of hydrogen-bond donors (Lipinski definition) is 4. The van der Waals surface area contributed by atoms with Gasteiger partial charge in [-0.1, -0.05) is 19.8 Å². The third kappa shape index (κ3) is 12.4. The van der Waals surface area contributed by atoms with Crippen molar-refractivity contribution in [1.82, 2.24) is 16.0 Å². The highest BCUT2D eigenvalue weighted by Crippen LogP contribution is 1.90. The van der Waals surface area contributed by atoms with Crippen LogP contribution in [0.5, 0.6) is 0 Å². The number of carbonyl (C=O) groups is 3. The van der Waals surface area contributed by atoms with Gasteiger partial charge in [-0.15, -0.1) is 0 Å². The van der Waals surface area contributed by atoms with Crippen LogP contribution in [0.1, 0.15) is 26.2 Å². The summed E-state index contributed by atoms with van der Waals surface area (Å²) in [5.74, 6) is -0.719. The number of primary amides is 1. The minimum atomic E-state index is -0.972. The molecule has 8 heteroatoms. The van der Waals surface area contributed by atoms with Crippen molar-refractivity contribution in [2.24, 2.45) is 5.73 Å². The first-order valence-corrected chi connectivity index (χ1v) is 6.22. The van der Waals surface area contributed by atoms with Gasteiger partial charge in [0.25, 0.3) is 0 Å². The Kier molecular flexibility index (Phi) is 10.2. The van der Waals surface area contributed by atoms with E-state index in [1.54, 1.807) is 0 Å². The molecule has 8 nitrogen and oxygen atoms in total. The minimum absolute atomic E-state index is 0.169. The standard InChI is InChI=1S/C11H22N4O4/c1-2-3-4-5-13-6-9(16)14-7-10(17)15-8-19-11(12)18/h13H,2-8H2,1H3,(H2,12,18)(H,14,16)(H,15,17). The minimum Gasteiger partial charge on any atom is -0.428 e. The van der Waals surface area contributed by atoms with Gasteiger partial charge in [-0.05, 0) is 13.0 Å². The van der Waals surface area contributed by atoms with E-state index >= 15 is 0 Å². The molecule has 0 rings (SSSR count). The van der Waals surface area contributed by atoms with Gasteiger partial charge in [0.15, 0.2) is 6.73 Å². The van der Waals surface area contributed by atoms with E-state index in [0.29, 0.717) is 0 Å². The van der Waals surface area contributed by atoms with E-state index in [-0.39, 0.29) is 25.7 Å². The molecule has 0 saturated heterocycles. The van der Waals surface area contributed by atoms with Gasteiger partial charge in [-0.2, -0.15) is 0 Å². The molecule has 0 aromatic rings. The molecule has 0 atom stereocenters. The van der Waals surface area contributed by atoms with Crippen LogP contribution < -0.4 is 21.7 Å². The van der Waals surface area contributed by atoms with E-state index in [1.807, 2.05) is 0 Å². The number of nitrogens with one attached hydrogen (secondary N) is 3. The number of rotatable bonds is 10. The molecule has 0 bridgehead atoms. The van der Waals surface area contributed by atoms with Gasteiger partial charge in [0.05, 0.1) is 13.1 Å². The molecule has 3 amide bonds. The lowest BCUT2D eigenvalue weighted by Crippen LogP contribution is -2.41. The molecular weight excluding hydrogens is 252 g/mol. The first-order chi connectivity index (χ1) is 9.06. The Morgan fingerprint density at radius 2 is 1.74 bits per heavy atom. The number of amides is 3. The topological polar surface area (TPSA) is 123 Å². The number of hydrogen-bond acceptors (Lipinski definition) is 5. The molecular formula is C11H22N4O4. The molecule has 0 radical (unpaired) electrons. The van der Waals surface area contributed by atoms with E-state index in [9.17, 15) is 14.4 Å². The summed E-state index contributed by atoms with van der Waals surface area (Å²) in [6.07, 6.45) is 2.30. The van der Waals surface area contributed by atoms with Crippen LogP contribution in [0.2, 0.25) is 0 Å². The highest BCUT2D eigenvalue weighted by Gasteiger charge is 2.05. The van der Waals surface area contributed by atoms with Crippen molar-refractivity contribution >= 4 is 17.9 Å². The summed E-state index contributed by atoms with van der Waals surface area (Å²) in [6, 6.07) is 0. The Labute approximate surface area is 112 Å². The SMILES string of the molecule is CCCCCNCC(=O)NCC(=O)NCOC(N)=O. The van der Waals surface area contributed by atoms with Crippen LogP contribution in [0, 0.1) is 0 Å². The second-order valence-corrected chi connectivity index (χ2v) is 3.87. The number of nitrogens with two attached hydrogens (primary N) is 1. The van der Waals surface area contributed by atoms with Crippen molar-refractivity contribution in [2.75, 3.05) is 26.4 Å². The largest absolute Gasteiger partial charge is 0.428 e. The van der Waals surface area contributed by atoms with Crippen molar-refractivity contribution in [3.63, 3.8) is 0 Å². The van der Waals surface area contributed by atoms with Crippen LogP contribution in [-0.2, 0) is 14.3 Å². The molecule has 110 valence electrons. The van der Waals surface area contributed by atoms with E-state index in [4.69, 9.17) is 5.73 Å². The molecule has 0 saturated carbocycles. The Balaban J connectivity index is 3.45. The third-order valence-corrected chi connectivity index (χ3v) is 2.17. The Hall–Kier alpha value is -1.83. The summed E-state index contributed by atoms with van der Waals surface area (Å²) >= 11 is 0. The quantitative estimate of drug-likeness (QED) is 0.302. The highest BCUT2D eigenvalue weighted by atomic mass is 16.6. The van der Waals surface area contributed by atoms with Gasteiger partial charge < -0.3 is 26.4 Å². The lowest BCUT2D eigenvalue weighted by molar-refractivity contribution is -0.126. The van der Waals surface area contributed by atoms with E-state index < -0.39 is 12.0 Å². The lowest BCUT2D eigenvalue weighted by Gasteiger charge is -2.07. The summed E-state index contributed by atoms with van der Waals surface area (Å²) in [5.41, 5.74) is 4.70. The second-order valence-electron chi connectivity index (χ2n) is 3.87. The monoisotopic (exact) mass is 274 g/mol. The van der Waals surface area contributed by atoms with Crippen LogP contribution in [0.3, 0.4) is 0 Å². The van der Waals surface area contributed by atoms with Crippen LogP contribution in [-0.4, -0.2) is 44.3 Å². The molecule has 0 aromatic heterocycles. The normalized spacial score (nSPS) is 9.74. The van der Waals surface area contributed by atoms with Crippen molar-refractivity contribution in [3.05, 3.63) is 0 Å². The molecule has 5 N–H and O–H groups in total. The lowest BCUT2D eigenvalue weighted by atomic mass is 10.2. The maximum absolute atomic E-state index is 11.3. The summed E-state index contributed by atoms with van der Waals surface area (Å²) in [7, 11) is 0. The molecule has 19 heavy (non-hydrogen) atoms. The molecule has 0 heterocycles. The average Bonchev–Trinajstić information content (AvgIpc) is 2.35. The van der Waals surface area contributed by atoms with E-state index in [2.05, 4.69) is 27.6 Å². The van der Waals surface area contributed by atoms with Crippen LogP contribution in [0.15, 0.2) is 0 Å². The van der Waals surface area contributed by atoms with Gasteiger partial charge in [-0.3, -0.25) is 9.59 Å². The third-order valence-electron chi connectivity index (χ3n) is 2.17. The molecule has 0 unspecified atom stereocenters. The zero-order valence-electron chi connectivity index (χ0n) is 11.2. The van der Waals surface area contributed by atoms with Gasteiger partial charge in [0.2, 0.25) is 11.8 Å². The zero-order valence-corrected chi connectivity index (χ0v) is 11.2. The number of unbranched alkanes of at least 4 members (excludes halogenated alkanes) is 2. The Morgan fingerprint density at radius 3 is 2.37 bits per heavy atom. The number of carbonyl (C=O) groups excluding carboxylic acids is 3. The molecule has 0 aliphatic carbocycles. The highest BCUT2D eigenvalue weighted by molar-refractivity contribution is 5.85. The fourth-order valence-corrected chi connectivity index (χ4v) is 1.19. The summed E-state index contributed by atoms with van der Waals surface area (Å²) in [4.78, 5) is 32.7. The smallest absolute Gasteiger partial charge is 0.406 e. The predicted molar refractivity (Wildman–Crippen MR) is 69.1 cm³/mol. The van der Waals surface area contributed by atoms with Gasteiger partial charge in [0.1, 0.15) is 0 Å². The molecule has 0 aromatic carbocycles. The molecule has 0 spiro atoms. The number of ether oxygens (including phenoxy) is 1. The second kappa shape index (κ2) is 11.3. The Morgan fingerprint density at radius 1 is 1.05 bits per heavy atom. The first kappa shape index (κ1) is 17.2. The van der Waals surface area contributed by atoms with E-state index in [1.165, 1.54) is 0 Å². The van der Waals surface area contributed by atoms with Crippen LogP contribution in [0.4, 0.5) is 4.79 Å². The fraction of sp³-hybridized carbons (Fsp3) is 0.727. The van der Waals surface area contributed by atoms with Gasteiger partial charge in [-0.25, -0.2) is 4.79 Å². The fourth-order valence-electron chi connectivity index (χ4n) is 1.19. The maximum Gasteiger partial charge on any atom is 0.406 e. The summed E-state index contributed by atoms with van der Waals surface area (Å²) < 4.78 is 4.30. The summed E-state index contributed by atoms with van der Waals surface area (Å²) in [6.45, 7) is 2.58. The van der Waals surface area contributed by atoms with Crippen molar-refractivity contribution < 1.29 is 19.1 Å².